The van der Waals surface area contributed by atoms with E-state index in [2.05, 4.69) is 27.4 Å². The Kier molecular flexibility index (Phi) is 11.8. The summed E-state index contributed by atoms with van der Waals surface area (Å²) in [7, 11) is 1.89. The average Bonchev–Trinajstić information content (AvgIpc) is 2.54. The van der Waals surface area contributed by atoms with E-state index in [4.69, 9.17) is 4.74 Å². The van der Waals surface area contributed by atoms with E-state index in [0.29, 0.717) is 13.0 Å². The first-order valence-electron chi connectivity index (χ1n) is 7.92. The molecule has 0 aromatic carbocycles. The average molecular weight is 379 g/mol. The molecule has 1 atom stereocenters. The Hall–Kier alpha value is -1.08. The maximum atomic E-state index is 11.7. The van der Waals surface area contributed by atoms with Gasteiger partial charge in [-0.2, -0.15) is 0 Å². The van der Waals surface area contributed by atoms with Crippen LogP contribution in [0.3, 0.4) is 0 Å². The SMILES string of the molecule is CNCCCC(=O)NCc1ccc(N2CCOC(C)C2)nc1.Cl.Cl. The molecule has 1 aliphatic heterocycles. The highest BCUT2D eigenvalue weighted by Crippen LogP contribution is 2.15. The monoisotopic (exact) mass is 378 g/mol. The molecule has 0 bridgehead atoms. The minimum atomic E-state index is 0. The number of nitrogens with one attached hydrogen (secondary N) is 2. The Labute approximate surface area is 156 Å². The molecule has 1 aromatic rings. The van der Waals surface area contributed by atoms with Gasteiger partial charge in [0, 0.05) is 32.3 Å². The van der Waals surface area contributed by atoms with Crippen LogP contribution in [-0.4, -0.2) is 50.3 Å². The highest BCUT2D eigenvalue weighted by molar-refractivity contribution is 5.85. The van der Waals surface area contributed by atoms with Gasteiger partial charge in [0.2, 0.25) is 5.91 Å². The highest BCUT2D eigenvalue weighted by atomic mass is 35.5. The number of amides is 1. The Morgan fingerprint density at radius 1 is 1.42 bits per heavy atom. The number of hydrogen-bond donors (Lipinski definition) is 2. The molecule has 0 aliphatic carbocycles. The van der Waals surface area contributed by atoms with Crippen LogP contribution in [0.1, 0.15) is 25.3 Å². The van der Waals surface area contributed by atoms with Crippen LogP contribution in [0.2, 0.25) is 0 Å². The van der Waals surface area contributed by atoms with Gasteiger partial charge in [-0.1, -0.05) is 6.07 Å². The second-order valence-corrected chi connectivity index (χ2v) is 5.64. The maximum Gasteiger partial charge on any atom is 0.220 e. The van der Waals surface area contributed by atoms with Crippen molar-refractivity contribution in [3.05, 3.63) is 23.9 Å². The van der Waals surface area contributed by atoms with E-state index in [1.165, 1.54) is 0 Å². The van der Waals surface area contributed by atoms with Gasteiger partial charge in [-0.05, 0) is 38.6 Å². The lowest BCUT2D eigenvalue weighted by molar-refractivity contribution is -0.121. The molecule has 0 saturated carbocycles. The molecule has 1 unspecified atom stereocenters. The van der Waals surface area contributed by atoms with Gasteiger partial charge in [0.1, 0.15) is 5.82 Å². The van der Waals surface area contributed by atoms with Crippen molar-refractivity contribution in [1.82, 2.24) is 15.6 Å². The quantitative estimate of drug-likeness (QED) is 0.707. The fourth-order valence-corrected chi connectivity index (χ4v) is 2.45. The van der Waals surface area contributed by atoms with Crippen molar-refractivity contribution in [3.63, 3.8) is 0 Å². The summed E-state index contributed by atoms with van der Waals surface area (Å²) in [5.41, 5.74) is 1.02. The summed E-state index contributed by atoms with van der Waals surface area (Å²) in [4.78, 5) is 18.4. The molecule has 1 amide bonds. The summed E-state index contributed by atoms with van der Waals surface area (Å²) in [5.74, 6) is 1.06. The molecule has 2 heterocycles. The third-order valence-corrected chi connectivity index (χ3v) is 3.69. The normalized spacial score (nSPS) is 16.8. The van der Waals surface area contributed by atoms with Crippen LogP contribution in [-0.2, 0) is 16.1 Å². The molecule has 0 radical (unpaired) electrons. The second kappa shape index (κ2) is 12.3. The number of ether oxygens (including phenoxy) is 1. The van der Waals surface area contributed by atoms with Crippen LogP contribution in [0.4, 0.5) is 5.82 Å². The summed E-state index contributed by atoms with van der Waals surface area (Å²) < 4.78 is 5.54. The number of nitrogens with zero attached hydrogens (tertiary/aromatic N) is 2. The number of rotatable bonds is 7. The number of morpholine rings is 1. The Bertz CT molecular complexity index is 474. The molecular weight excluding hydrogens is 351 g/mol. The van der Waals surface area contributed by atoms with Gasteiger partial charge in [0.15, 0.2) is 0 Å². The van der Waals surface area contributed by atoms with Crippen molar-refractivity contribution in [2.45, 2.75) is 32.4 Å². The van der Waals surface area contributed by atoms with E-state index in [9.17, 15) is 4.79 Å². The summed E-state index contributed by atoms with van der Waals surface area (Å²) in [5, 5.41) is 5.96. The van der Waals surface area contributed by atoms with Crippen LogP contribution < -0.4 is 15.5 Å². The molecule has 1 saturated heterocycles. The van der Waals surface area contributed by atoms with Crippen molar-refractivity contribution in [3.8, 4) is 0 Å². The largest absolute Gasteiger partial charge is 0.375 e. The molecule has 24 heavy (non-hydrogen) atoms. The molecule has 1 aromatic heterocycles. The van der Waals surface area contributed by atoms with Crippen molar-refractivity contribution in [2.75, 3.05) is 38.2 Å². The molecule has 8 heteroatoms. The molecule has 0 spiro atoms. The van der Waals surface area contributed by atoms with Crippen molar-refractivity contribution < 1.29 is 9.53 Å². The number of anilines is 1. The molecule has 6 nitrogen and oxygen atoms in total. The minimum absolute atomic E-state index is 0. The fourth-order valence-electron chi connectivity index (χ4n) is 2.45. The topological polar surface area (TPSA) is 66.5 Å². The summed E-state index contributed by atoms with van der Waals surface area (Å²) in [6, 6.07) is 4.04. The standard InChI is InChI=1S/C16H26N4O2.2ClH/c1-13-12-20(8-9-22-13)15-6-5-14(10-18-15)11-19-16(21)4-3-7-17-2;;/h5-6,10,13,17H,3-4,7-9,11-12H2,1-2H3,(H,19,21);2*1H. The fraction of sp³-hybridized carbons (Fsp3) is 0.625. The van der Waals surface area contributed by atoms with Gasteiger partial charge < -0.3 is 20.3 Å². The molecule has 2 rings (SSSR count). The van der Waals surface area contributed by atoms with Gasteiger partial charge in [-0.15, -0.1) is 24.8 Å². The maximum absolute atomic E-state index is 11.7. The smallest absolute Gasteiger partial charge is 0.220 e. The van der Waals surface area contributed by atoms with Gasteiger partial charge in [0.25, 0.3) is 0 Å². The van der Waals surface area contributed by atoms with Crippen LogP contribution in [0.5, 0.6) is 0 Å². The first-order valence-corrected chi connectivity index (χ1v) is 7.92. The first-order chi connectivity index (χ1) is 10.7. The third kappa shape index (κ3) is 7.66. The lowest BCUT2D eigenvalue weighted by Crippen LogP contribution is -2.41. The van der Waals surface area contributed by atoms with Crippen molar-refractivity contribution in [2.24, 2.45) is 0 Å². The van der Waals surface area contributed by atoms with Gasteiger partial charge in [-0.25, -0.2) is 4.98 Å². The van der Waals surface area contributed by atoms with E-state index < -0.39 is 0 Å². The predicted octanol–water partition coefficient (Wildman–Crippen LogP) is 1.77. The van der Waals surface area contributed by atoms with Crippen LogP contribution in [0, 0.1) is 0 Å². The van der Waals surface area contributed by atoms with E-state index in [-0.39, 0.29) is 36.8 Å². The summed E-state index contributed by atoms with van der Waals surface area (Å²) in [6.45, 7) is 5.96. The Morgan fingerprint density at radius 2 is 2.21 bits per heavy atom. The third-order valence-electron chi connectivity index (χ3n) is 3.69. The summed E-state index contributed by atoms with van der Waals surface area (Å²) >= 11 is 0. The molecule has 2 N–H and O–H groups in total. The second-order valence-electron chi connectivity index (χ2n) is 5.64. The Balaban J connectivity index is 0.00000264. The molecular formula is C16H28Cl2N4O2. The lowest BCUT2D eigenvalue weighted by Gasteiger charge is -2.32. The van der Waals surface area contributed by atoms with E-state index >= 15 is 0 Å². The zero-order valence-electron chi connectivity index (χ0n) is 14.3. The van der Waals surface area contributed by atoms with E-state index in [0.717, 1.165) is 44.0 Å². The minimum Gasteiger partial charge on any atom is -0.375 e. The number of halogens is 2. The van der Waals surface area contributed by atoms with Gasteiger partial charge in [-0.3, -0.25) is 4.79 Å². The number of carbonyl (C=O) groups excluding carboxylic acids is 1. The highest BCUT2D eigenvalue weighted by Gasteiger charge is 2.17. The number of pyridine rings is 1. The molecule has 1 fully saturated rings. The first kappa shape index (κ1) is 22.9. The molecule has 1 aliphatic rings. The van der Waals surface area contributed by atoms with Gasteiger partial charge >= 0.3 is 0 Å². The van der Waals surface area contributed by atoms with Gasteiger partial charge in [0.05, 0.1) is 12.7 Å². The van der Waals surface area contributed by atoms with Crippen LogP contribution >= 0.6 is 24.8 Å². The van der Waals surface area contributed by atoms with Crippen molar-refractivity contribution >= 4 is 36.5 Å². The molecule has 138 valence electrons. The number of hydrogen-bond acceptors (Lipinski definition) is 5. The zero-order chi connectivity index (χ0) is 15.8. The van der Waals surface area contributed by atoms with Crippen molar-refractivity contribution in [1.29, 1.82) is 0 Å². The van der Waals surface area contributed by atoms with E-state index in [1.807, 2.05) is 25.4 Å². The Morgan fingerprint density at radius 3 is 2.83 bits per heavy atom. The number of aromatic nitrogens is 1. The van der Waals surface area contributed by atoms with E-state index in [1.54, 1.807) is 0 Å². The zero-order valence-corrected chi connectivity index (χ0v) is 15.9. The lowest BCUT2D eigenvalue weighted by atomic mass is 10.2. The number of carbonyl (C=O) groups is 1. The predicted molar refractivity (Wildman–Crippen MR) is 101 cm³/mol. The van der Waals surface area contributed by atoms with Crippen LogP contribution in [0.15, 0.2) is 18.3 Å². The van der Waals surface area contributed by atoms with Crippen LogP contribution in [0.25, 0.3) is 0 Å². The summed E-state index contributed by atoms with van der Waals surface area (Å²) in [6.07, 6.45) is 3.49.